The molecule has 2 aliphatic heterocycles. The zero-order valence-corrected chi connectivity index (χ0v) is 11.6. The molecule has 2 aliphatic rings. The third kappa shape index (κ3) is 2.20. The molecule has 21 heavy (non-hydrogen) atoms. The van der Waals surface area contributed by atoms with Crippen molar-refractivity contribution in [3.63, 3.8) is 0 Å². The van der Waals surface area contributed by atoms with Gasteiger partial charge in [-0.3, -0.25) is 0 Å². The summed E-state index contributed by atoms with van der Waals surface area (Å²) < 4.78 is 16.5. The van der Waals surface area contributed by atoms with Crippen LogP contribution in [0.1, 0.15) is 35.5 Å². The number of aromatic nitrogens is 2. The van der Waals surface area contributed by atoms with Crippen LogP contribution in [0.5, 0.6) is 5.75 Å². The van der Waals surface area contributed by atoms with Crippen molar-refractivity contribution in [1.82, 2.24) is 10.1 Å². The van der Waals surface area contributed by atoms with E-state index in [1.54, 1.807) is 0 Å². The Morgan fingerprint density at radius 2 is 2.10 bits per heavy atom. The van der Waals surface area contributed by atoms with Crippen LogP contribution in [0.2, 0.25) is 0 Å². The molecule has 0 bridgehead atoms. The molecule has 2 N–H and O–H groups in total. The smallest absolute Gasteiger partial charge is 0.233 e. The Bertz CT molecular complexity index is 643. The molecule has 0 aliphatic carbocycles. The van der Waals surface area contributed by atoms with Gasteiger partial charge in [0, 0.05) is 11.6 Å². The van der Waals surface area contributed by atoms with Crippen molar-refractivity contribution < 1.29 is 14.0 Å². The van der Waals surface area contributed by atoms with Gasteiger partial charge < -0.3 is 19.7 Å². The molecule has 6 heteroatoms. The number of hydrogen-bond donors (Lipinski definition) is 1. The molecule has 1 aromatic carbocycles. The first-order chi connectivity index (χ1) is 10.3. The monoisotopic (exact) mass is 287 g/mol. The molecule has 110 valence electrons. The van der Waals surface area contributed by atoms with Crippen LogP contribution in [0.3, 0.4) is 0 Å². The fraction of sp³-hybridized carbons (Fsp3) is 0.467. The van der Waals surface area contributed by atoms with Gasteiger partial charge in [-0.1, -0.05) is 23.4 Å². The fourth-order valence-electron chi connectivity index (χ4n) is 2.97. The van der Waals surface area contributed by atoms with Gasteiger partial charge in [0.05, 0.1) is 31.7 Å². The second-order valence-corrected chi connectivity index (χ2v) is 5.53. The maximum atomic E-state index is 6.00. The Morgan fingerprint density at radius 1 is 1.19 bits per heavy atom. The molecule has 6 nitrogen and oxygen atoms in total. The van der Waals surface area contributed by atoms with Crippen LogP contribution in [0.4, 0.5) is 0 Å². The summed E-state index contributed by atoms with van der Waals surface area (Å²) in [5, 5.41) is 4.16. The van der Waals surface area contributed by atoms with Crippen LogP contribution in [-0.4, -0.2) is 36.0 Å². The van der Waals surface area contributed by atoms with E-state index < -0.39 is 0 Å². The summed E-state index contributed by atoms with van der Waals surface area (Å²) in [4.78, 5) is 4.57. The van der Waals surface area contributed by atoms with Crippen LogP contribution in [0.25, 0.3) is 0 Å². The zero-order valence-electron chi connectivity index (χ0n) is 11.6. The highest BCUT2D eigenvalue weighted by Gasteiger charge is 2.33. The highest BCUT2D eigenvalue weighted by Crippen LogP contribution is 2.37. The lowest BCUT2D eigenvalue weighted by Crippen LogP contribution is -2.27. The molecule has 3 heterocycles. The molecule has 1 fully saturated rings. The number of hydrogen-bond acceptors (Lipinski definition) is 6. The van der Waals surface area contributed by atoms with E-state index in [1.807, 2.05) is 18.2 Å². The average Bonchev–Trinajstić information content (AvgIpc) is 3.15. The first-order valence-electron chi connectivity index (χ1n) is 7.21. The minimum absolute atomic E-state index is 0.00124. The van der Waals surface area contributed by atoms with Crippen LogP contribution in [0, 0.1) is 0 Å². The summed E-state index contributed by atoms with van der Waals surface area (Å²) in [6.45, 7) is 1.76. The summed E-state index contributed by atoms with van der Waals surface area (Å²) in [7, 11) is 0. The van der Waals surface area contributed by atoms with Crippen molar-refractivity contribution in [2.24, 2.45) is 5.73 Å². The van der Waals surface area contributed by atoms with Gasteiger partial charge in [0.15, 0.2) is 5.82 Å². The van der Waals surface area contributed by atoms with Crippen LogP contribution < -0.4 is 10.5 Å². The van der Waals surface area contributed by atoms with Crippen molar-refractivity contribution in [1.29, 1.82) is 0 Å². The second kappa shape index (κ2) is 5.13. The maximum absolute atomic E-state index is 6.00. The number of para-hydroxylation sites is 1. The van der Waals surface area contributed by atoms with Crippen LogP contribution in [-0.2, 0) is 4.74 Å². The lowest BCUT2D eigenvalue weighted by atomic mass is 9.92. The molecule has 1 saturated heterocycles. The summed E-state index contributed by atoms with van der Waals surface area (Å²) in [5.74, 6) is 2.31. The Balaban J connectivity index is 1.65. The lowest BCUT2D eigenvalue weighted by molar-refractivity contribution is 0.187. The molecule has 0 saturated carbocycles. The minimum atomic E-state index is -0.0692. The molecule has 1 aromatic heterocycles. The molecule has 0 amide bonds. The molecule has 4 rings (SSSR count). The number of nitrogens with zero attached hydrogens (tertiary/aromatic N) is 2. The van der Waals surface area contributed by atoms with E-state index in [2.05, 4.69) is 16.2 Å². The number of fused-ring (bicyclic) bond motifs is 1. The average molecular weight is 287 g/mol. The van der Waals surface area contributed by atoms with E-state index in [1.165, 1.54) is 0 Å². The van der Waals surface area contributed by atoms with E-state index in [0.29, 0.717) is 31.5 Å². The number of ether oxygens (including phenoxy) is 2. The second-order valence-electron chi connectivity index (χ2n) is 5.53. The highest BCUT2D eigenvalue weighted by atomic mass is 16.5. The standard InChI is InChI=1S/C15H17N3O3/c16-12-8-19-7-11(12)15-17-14(18-21-15)10-5-6-20-13-4-2-1-3-9(10)13/h1-4,10-12H,5-8,16H2. The molecule has 0 spiro atoms. The topological polar surface area (TPSA) is 83.4 Å². The summed E-state index contributed by atoms with van der Waals surface area (Å²) in [6.07, 6.45) is 0.850. The van der Waals surface area contributed by atoms with E-state index in [4.69, 9.17) is 19.7 Å². The van der Waals surface area contributed by atoms with Gasteiger partial charge in [-0.15, -0.1) is 0 Å². The highest BCUT2D eigenvalue weighted by molar-refractivity contribution is 5.40. The van der Waals surface area contributed by atoms with E-state index in [0.717, 1.165) is 17.7 Å². The van der Waals surface area contributed by atoms with Gasteiger partial charge >= 0.3 is 0 Å². The van der Waals surface area contributed by atoms with Gasteiger partial charge in [-0.05, 0) is 12.5 Å². The summed E-state index contributed by atoms with van der Waals surface area (Å²) in [6, 6.07) is 7.93. The largest absolute Gasteiger partial charge is 0.493 e. The van der Waals surface area contributed by atoms with Crippen molar-refractivity contribution in [2.75, 3.05) is 19.8 Å². The van der Waals surface area contributed by atoms with Gasteiger partial charge in [-0.25, -0.2) is 0 Å². The Hall–Kier alpha value is -1.92. The third-order valence-electron chi connectivity index (χ3n) is 4.17. The molecule has 3 unspecified atom stereocenters. The number of nitrogens with two attached hydrogens (primary N) is 1. The zero-order chi connectivity index (χ0) is 14.2. The first-order valence-corrected chi connectivity index (χ1v) is 7.21. The number of benzene rings is 1. The predicted octanol–water partition coefficient (Wildman–Crippen LogP) is 1.43. The molecular weight excluding hydrogens is 270 g/mol. The van der Waals surface area contributed by atoms with Crippen molar-refractivity contribution in [3.8, 4) is 5.75 Å². The maximum Gasteiger partial charge on any atom is 0.233 e. The van der Waals surface area contributed by atoms with Crippen molar-refractivity contribution in [2.45, 2.75) is 24.3 Å². The van der Waals surface area contributed by atoms with E-state index in [9.17, 15) is 0 Å². The Morgan fingerprint density at radius 3 is 2.95 bits per heavy atom. The Labute approximate surface area is 122 Å². The van der Waals surface area contributed by atoms with Gasteiger partial charge in [0.1, 0.15) is 5.75 Å². The SMILES string of the molecule is NC1COCC1c1nc(C2CCOc3ccccc32)no1. The van der Waals surface area contributed by atoms with Gasteiger partial charge in [0.2, 0.25) is 5.89 Å². The lowest BCUT2D eigenvalue weighted by Gasteiger charge is -2.23. The fourth-order valence-corrected chi connectivity index (χ4v) is 2.97. The molecule has 2 aromatic rings. The van der Waals surface area contributed by atoms with E-state index >= 15 is 0 Å². The van der Waals surface area contributed by atoms with Crippen molar-refractivity contribution >= 4 is 0 Å². The van der Waals surface area contributed by atoms with Gasteiger partial charge in [0.25, 0.3) is 0 Å². The molecule has 0 radical (unpaired) electrons. The minimum Gasteiger partial charge on any atom is -0.493 e. The Kier molecular flexibility index (Phi) is 3.12. The summed E-state index contributed by atoms with van der Waals surface area (Å²) >= 11 is 0. The van der Waals surface area contributed by atoms with Crippen molar-refractivity contribution in [3.05, 3.63) is 41.5 Å². The van der Waals surface area contributed by atoms with Crippen LogP contribution in [0.15, 0.2) is 28.8 Å². The quantitative estimate of drug-likeness (QED) is 0.899. The molecule has 3 atom stereocenters. The normalized spacial score (nSPS) is 28.1. The third-order valence-corrected chi connectivity index (χ3v) is 4.17. The van der Waals surface area contributed by atoms with Gasteiger partial charge in [-0.2, -0.15) is 4.98 Å². The summed E-state index contributed by atoms with van der Waals surface area (Å²) in [5.41, 5.74) is 7.12. The molecular formula is C15H17N3O3. The number of rotatable bonds is 2. The first kappa shape index (κ1) is 12.8. The van der Waals surface area contributed by atoms with E-state index in [-0.39, 0.29) is 17.9 Å². The predicted molar refractivity (Wildman–Crippen MR) is 74.2 cm³/mol. The van der Waals surface area contributed by atoms with Crippen LogP contribution >= 0.6 is 0 Å².